The molecule has 2 heterocycles. The molecule has 0 aliphatic heterocycles. The quantitative estimate of drug-likeness (QED) is 0.637. The van der Waals surface area contributed by atoms with E-state index in [1.165, 1.54) is 0 Å². The molecule has 3 rings (SSSR count). The topological polar surface area (TPSA) is 43.6 Å². The van der Waals surface area contributed by atoms with Crippen molar-refractivity contribution in [1.82, 2.24) is 19.5 Å². The number of aryl methyl sites for hydroxylation is 2. The molecule has 0 saturated heterocycles. The second-order valence-electron chi connectivity index (χ2n) is 4.04. The zero-order chi connectivity index (χ0) is 11.8. The molecule has 0 unspecified atom stereocenters. The van der Waals surface area contributed by atoms with Gasteiger partial charge in [-0.3, -0.25) is 0 Å². The van der Waals surface area contributed by atoms with Crippen molar-refractivity contribution in [2.45, 2.75) is 6.92 Å². The summed E-state index contributed by atoms with van der Waals surface area (Å²) < 4.78 is 1.92. The van der Waals surface area contributed by atoms with E-state index in [-0.39, 0.29) is 0 Å². The summed E-state index contributed by atoms with van der Waals surface area (Å²) in [5.41, 5.74) is 2.89. The maximum Gasteiger partial charge on any atom is 0.178 e. The summed E-state index contributed by atoms with van der Waals surface area (Å²) in [6.07, 6.45) is 3.53. The molecule has 0 atom stereocenters. The number of fused-ring (bicyclic) bond motifs is 1. The molecular formula is C13H12N4. The van der Waals surface area contributed by atoms with Crippen molar-refractivity contribution in [1.29, 1.82) is 0 Å². The SMILES string of the molecule is Cc1nc(-c2cncn2C)nc2ccccc12. The molecule has 0 saturated carbocycles. The van der Waals surface area contributed by atoms with Gasteiger partial charge in [0.2, 0.25) is 0 Å². The zero-order valence-electron chi connectivity index (χ0n) is 9.75. The van der Waals surface area contributed by atoms with Crippen LogP contribution in [0.25, 0.3) is 22.4 Å². The predicted molar refractivity (Wildman–Crippen MR) is 66.5 cm³/mol. The summed E-state index contributed by atoms with van der Waals surface area (Å²) in [6, 6.07) is 8.03. The largest absolute Gasteiger partial charge is 0.331 e. The van der Waals surface area contributed by atoms with Gasteiger partial charge >= 0.3 is 0 Å². The number of hydrogen-bond acceptors (Lipinski definition) is 3. The number of nitrogens with zero attached hydrogens (tertiary/aromatic N) is 4. The molecule has 0 bridgehead atoms. The summed E-state index contributed by atoms with van der Waals surface area (Å²) in [7, 11) is 1.94. The van der Waals surface area contributed by atoms with Crippen LogP contribution < -0.4 is 0 Å². The van der Waals surface area contributed by atoms with E-state index in [1.54, 1.807) is 12.5 Å². The van der Waals surface area contributed by atoms with Crippen LogP contribution in [-0.4, -0.2) is 19.5 Å². The second kappa shape index (κ2) is 3.66. The summed E-state index contributed by atoms with van der Waals surface area (Å²) in [6.45, 7) is 2.00. The molecule has 2 aromatic heterocycles. The molecule has 0 aliphatic carbocycles. The Morgan fingerprint density at radius 1 is 1.12 bits per heavy atom. The predicted octanol–water partition coefficient (Wildman–Crippen LogP) is 2.34. The molecule has 84 valence electrons. The average molecular weight is 224 g/mol. The lowest BCUT2D eigenvalue weighted by Gasteiger charge is -2.05. The van der Waals surface area contributed by atoms with Crippen LogP contribution in [0.5, 0.6) is 0 Å². The van der Waals surface area contributed by atoms with Crippen LogP contribution in [0.2, 0.25) is 0 Å². The van der Waals surface area contributed by atoms with Crippen LogP contribution in [0.15, 0.2) is 36.8 Å². The molecule has 4 nitrogen and oxygen atoms in total. The number of rotatable bonds is 1. The molecule has 0 spiro atoms. The standard InChI is InChI=1S/C13H12N4/c1-9-10-5-3-4-6-11(10)16-13(15-9)12-7-14-8-17(12)2/h3-8H,1-2H3. The van der Waals surface area contributed by atoms with Crippen molar-refractivity contribution >= 4 is 10.9 Å². The molecule has 0 fully saturated rings. The monoisotopic (exact) mass is 224 g/mol. The minimum atomic E-state index is 0.723. The van der Waals surface area contributed by atoms with E-state index in [0.717, 1.165) is 28.1 Å². The van der Waals surface area contributed by atoms with Gasteiger partial charge < -0.3 is 4.57 Å². The van der Waals surface area contributed by atoms with Crippen LogP contribution in [0, 0.1) is 6.92 Å². The molecule has 17 heavy (non-hydrogen) atoms. The molecular weight excluding hydrogens is 212 g/mol. The highest BCUT2D eigenvalue weighted by Crippen LogP contribution is 2.20. The normalized spacial score (nSPS) is 10.9. The van der Waals surface area contributed by atoms with Crippen molar-refractivity contribution in [3.63, 3.8) is 0 Å². The Kier molecular flexibility index (Phi) is 2.14. The fourth-order valence-corrected chi connectivity index (χ4v) is 1.92. The summed E-state index contributed by atoms with van der Waals surface area (Å²) in [5.74, 6) is 0.723. The lowest BCUT2D eigenvalue weighted by Crippen LogP contribution is -1.98. The third kappa shape index (κ3) is 1.58. The zero-order valence-corrected chi connectivity index (χ0v) is 9.75. The minimum absolute atomic E-state index is 0.723. The molecule has 0 aliphatic rings. The number of aromatic nitrogens is 4. The smallest absolute Gasteiger partial charge is 0.178 e. The van der Waals surface area contributed by atoms with Crippen LogP contribution in [0.3, 0.4) is 0 Å². The van der Waals surface area contributed by atoms with Crippen LogP contribution in [0.4, 0.5) is 0 Å². The first kappa shape index (κ1) is 9.96. The Morgan fingerprint density at radius 3 is 2.71 bits per heavy atom. The Balaban J connectivity index is 2.29. The van der Waals surface area contributed by atoms with E-state index >= 15 is 0 Å². The summed E-state index contributed by atoms with van der Waals surface area (Å²) >= 11 is 0. The van der Waals surface area contributed by atoms with Gasteiger partial charge in [-0.1, -0.05) is 18.2 Å². The molecule has 3 aromatic rings. The van der Waals surface area contributed by atoms with E-state index < -0.39 is 0 Å². The fraction of sp³-hybridized carbons (Fsp3) is 0.154. The van der Waals surface area contributed by atoms with E-state index in [1.807, 2.05) is 42.8 Å². The first-order chi connectivity index (χ1) is 8.25. The Labute approximate surface area is 99.0 Å². The average Bonchev–Trinajstić information content (AvgIpc) is 2.75. The fourth-order valence-electron chi connectivity index (χ4n) is 1.92. The Morgan fingerprint density at radius 2 is 1.94 bits per heavy atom. The van der Waals surface area contributed by atoms with Gasteiger partial charge in [-0.15, -0.1) is 0 Å². The molecule has 0 N–H and O–H groups in total. The molecule has 0 radical (unpaired) electrons. The van der Waals surface area contributed by atoms with Crippen molar-refractivity contribution in [3.05, 3.63) is 42.5 Å². The maximum atomic E-state index is 4.57. The van der Waals surface area contributed by atoms with Crippen molar-refractivity contribution < 1.29 is 0 Å². The lowest BCUT2D eigenvalue weighted by atomic mass is 10.2. The first-order valence-corrected chi connectivity index (χ1v) is 5.46. The van der Waals surface area contributed by atoms with E-state index in [9.17, 15) is 0 Å². The number of imidazole rings is 1. The van der Waals surface area contributed by atoms with Gasteiger partial charge in [-0.2, -0.15) is 0 Å². The molecule has 4 heteroatoms. The number of benzene rings is 1. The van der Waals surface area contributed by atoms with Gasteiger partial charge in [0.15, 0.2) is 5.82 Å². The third-order valence-electron chi connectivity index (χ3n) is 2.84. The first-order valence-electron chi connectivity index (χ1n) is 5.46. The van der Waals surface area contributed by atoms with Gasteiger partial charge in [-0.05, 0) is 13.0 Å². The van der Waals surface area contributed by atoms with Crippen molar-refractivity contribution in [3.8, 4) is 11.5 Å². The Hall–Kier alpha value is -2.23. The van der Waals surface area contributed by atoms with Gasteiger partial charge in [0.05, 0.1) is 18.0 Å². The van der Waals surface area contributed by atoms with Gasteiger partial charge in [0, 0.05) is 18.1 Å². The molecule has 0 amide bonds. The number of hydrogen-bond donors (Lipinski definition) is 0. The van der Waals surface area contributed by atoms with E-state index in [2.05, 4.69) is 15.0 Å². The third-order valence-corrected chi connectivity index (χ3v) is 2.84. The molecule has 1 aromatic carbocycles. The van der Waals surface area contributed by atoms with Gasteiger partial charge in [-0.25, -0.2) is 15.0 Å². The second-order valence-corrected chi connectivity index (χ2v) is 4.04. The highest BCUT2D eigenvalue weighted by Gasteiger charge is 2.08. The minimum Gasteiger partial charge on any atom is -0.331 e. The van der Waals surface area contributed by atoms with E-state index in [4.69, 9.17) is 0 Å². The van der Waals surface area contributed by atoms with Crippen LogP contribution >= 0.6 is 0 Å². The lowest BCUT2D eigenvalue weighted by molar-refractivity contribution is 0.908. The summed E-state index contributed by atoms with van der Waals surface area (Å²) in [4.78, 5) is 13.2. The summed E-state index contributed by atoms with van der Waals surface area (Å²) in [5, 5.41) is 1.10. The number of para-hydroxylation sites is 1. The van der Waals surface area contributed by atoms with E-state index in [0.29, 0.717) is 0 Å². The van der Waals surface area contributed by atoms with Gasteiger partial charge in [0.1, 0.15) is 5.69 Å². The van der Waals surface area contributed by atoms with Crippen LogP contribution in [0.1, 0.15) is 5.69 Å². The van der Waals surface area contributed by atoms with Crippen molar-refractivity contribution in [2.75, 3.05) is 0 Å². The van der Waals surface area contributed by atoms with Crippen molar-refractivity contribution in [2.24, 2.45) is 7.05 Å². The van der Waals surface area contributed by atoms with Crippen LogP contribution in [-0.2, 0) is 7.05 Å². The highest BCUT2D eigenvalue weighted by atomic mass is 15.1. The highest BCUT2D eigenvalue weighted by molar-refractivity contribution is 5.82. The Bertz CT molecular complexity index is 685. The maximum absolute atomic E-state index is 4.57. The van der Waals surface area contributed by atoms with Gasteiger partial charge in [0.25, 0.3) is 0 Å².